The Kier molecular flexibility index (Phi) is 6.51. The van der Waals surface area contributed by atoms with Crippen LogP contribution in [0, 0.1) is 39.9 Å². The zero-order valence-corrected chi connectivity index (χ0v) is 21.7. The first-order chi connectivity index (χ1) is 17.7. The number of benzene rings is 1. The number of amides is 2. The largest absolute Gasteiger partial charge is 0.496 e. The zero-order valence-electron chi connectivity index (χ0n) is 21.7. The van der Waals surface area contributed by atoms with Crippen molar-refractivity contribution in [3.8, 4) is 17.6 Å². The average molecular weight is 506 g/mol. The number of fused-ring (bicyclic) bond motifs is 2. The van der Waals surface area contributed by atoms with Gasteiger partial charge >= 0.3 is 0 Å². The Labute approximate surface area is 217 Å². The molecule has 4 atom stereocenters. The summed E-state index contributed by atoms with van der Waals surface area (Å²) in [5, 5.41) is 15.9. The molecule has 2 N–H and O–H groups in total. The molecule has 2 bridgehead atoms. The van der Waals surface area contributed by atoms with Crippen molar-refractivity contribution in [2.75, 3.05) is 13.7 Å². The van der Waals surface area contributed by atoms with Crippen LogP contribution in [0.4, 0.5) is 0 Å². The monoisotopic (exact) mass is 505 g/mol. The molecule has 0 aromatic heterocycles. The molecule has 5 rings (SSSR count). The normalized spacial score (nSPS) is 32.4. The fourth-order valence-electron chi connectivity index (χ4n) is 6.41. The smallest absolute Gasteiger partial charge is 0.255 e. The molecule has 0 spiro atoms. The zero-order chi connectivity index (χ0) is 26.4. The van der Waals surface area contributed by atoms with Crippen molar-refractivity contribution in [2.45, 2.75) is 64.5 Å². The minimum Gasteiger partial charge on any atom is -0.496 e. The van der Waals surface area contributed by atoms with E-state index in [4.69, 9.17) is 9.47 Å². The minimum absolute atomic E-state index is 0.00528. The Hall–Kier alpha value is -3.34. The van der Waals surface area contributed by atoms with Crippen molar-refractivity contribution in [3.05, 3.63) is 35.4 Å². The number of aldehydes is 1. The molecule has 0 radical (unpaired) electrons. The summed E-state index contributed by atoms with van der Waals surface area (Å²) < 4.78 is 11.5. The third-order valence-corrected chi connectivity index (χ3v) is 8.94. The molecular formula is C29H35N3O5. The van der Waals surface area contributed by atoms with E-state index >= 15 is 0 Å². The number of allylic oxidation sites excluding steroid dienone is 1. The molecule has 1 aromatic carbocycles. The second kappa shape index (κ2) is 9.51. The summed E-state index contributed by atoms with van der Waals surface area (Å²) in [6.07, 6.45) is 10.4. The van der Waals surface area contributed by atoms with Crippen LogP contribution in [0.3, 0.4) is 0 Å². The van der Waals surface area contributed by atoms with Gasteiger partial charge in [0, 0.05) is 24.1 Å². The number of hydrogen-bond acceptors (Lipinski definition) is 6. The van der Waals surface area contributed by atoms with E-state index in [1.54, 1.807) is 6.07 Å². The molecule has 0 heterocycles. The molecule has 0 unspecified atom stereocenters. The number of rotatable bonds is 9. The highest BCUT2D eigenvalue weighted by atomic mass is 16.5. The molecule has 1 aromatic rings. The highest BCUT2D eigenvalue weighted by Gasteiger charge is 2.49. The van der Waals surface area contributed by atoms with Crippen molar-refractivity contribution >= 4 is 18.1 Å². The van der Waals surface area contributed by atoms with Gasteiger partial charge in [-0.2, -0.15) is 5.26 Å². The molecule has 3 fully saturated rings. The fraction of sp³-hybridized carbons (Fsp3) is 0.586. The lowest BCUT2D eigenvalue weighted by molar-refractivity contribution is -0.127. The van der Waals surface area contributed by atoms with Crippen LogP contribution in [0.2, 0.25) is 0 Å². The lowest BCUT2D eigenvalue weighted by atomic mass is 9.69. The quantitative estimate of drug-likeness (QED) is 0.392. The standard InChI is InChI=1S/C29H35N3O5/c1-28(7-4-8-28)15-31-27(35)24-17-5-6-18(9-17)25(24)32-26(34)21-11-22(19(14-30)10-23(21)36-3)37-20-12-29(2,13-20)16-33/h5-6,10-11,16-18,20,24-25H,4,7-9,12-13,15H2,1-3H3,(H,31,35)(H,32,34)/t17-,18-,20-,24-,25+,29+/m0/s1. The Morgan fingerprint density at radius 3 is 2.51 bits per heavy atom. The van der Waals surface area contributed by atoms with Gasteiger partial charge in [-0.25, -0.2) is 0 Å². The van der Waals surface area contributed by atoms with Crippen LogP contribution in [0.25, 0.3) is 0 Å². The topological polar surface area (TPSA) is 118 Å². The number of hydrogen-bond donors (Lipinski definition) is 2. The summed E-state index contributed by atoms with van der Waals surface area (Å²) >= 11 is 0. The van der Waals surface area contributed by atoms with Crippen LogP contribution in [-0.4, -0.2) is 43.9 Å². The van der Waals surface area contributed by atoms with Crippen LogP contribution in [0.5, 0.6) is 11.5 Å². The van der Waals surface area contributed by atoms with Gasteiger partial charge in [-0.3, -0.25) is 9.59 Å². The highest BCUT2D eigenvalue weighted by molar-refractivity contribution is 5.98. The summed E-state index contributed by atoms with van der Waals surface area (Å²) in [4.78, 5) is 38.0. The molecule has 4 aliphatic carbocycles. The van der Waals surface area contributed by atoms with E-state index in [1.807, 2.05) is 6.92 Å². The van der Waals surface area contributed by atoms with Gasteiger partial charge in [-0.15, -0.1) is 0 Å². The van der Waals surface area contributed by atoms with Gasteiger partial charge in [0.1, 0.15) is 30.0 Å². The summed E-state index contributed by atoms with van der Waals surface area (Å²) in [7, 11) is 1.45. The number of carbonyl (C=O) groups is 3. The third kappa shape index (κ3) is 4.72. The molecule has 37 heavy (non-hydrogen) atoms. The van der Waals surface area contributed by atoms with Crippen molar-refractivity contribution < 1.29 is 23.9 Å². The van der Waals surface area contributed by atoms with Crippen LogP contribution in [0.15, 0.2) is 24.3 Å². The maximum Gasteiger partial charge on any atom is 0.255 e. The van der Waals surface area contributed by atoms with Crippen molar-refractivity contribution in [2.24, 2.45) is 28.6 Å². The predicted molar refractivity (Wildman–Crippen MR) is 136 cm³/mol. The number of carbonyl (C=O) groups excluding carboxylic acids is 3. The molecule has 0 saturated heterocycles. The number of nitrogens with zero attached hydrogens (tertiary/aromatic N) is 1. The van der Waals surface area contributed by atoms with Crippen molar-refractivity contribution in [1.29, 1.82) is 5.26 Å². The fourth-order valence-corrected chi connectivity index (χ4v) is 6.41. The number of nitrogens with one attached hydrogen (secondary N) is 2. The van der Waals surface area contributed by atoms with E-state index < -0.39 is 5.41 Å². The van der Waals surface area contributed by atoms with Gasteiger partial charge in [0.15, 0.2) is 0 Å². The Bertz CT molecular complexity index is 1170. The van der Waals surface area contributed by atoms with E-state index in [2.05, 4.69) is 35.8 Å². The van der Waals surface area contributed by atoms with E-state index in [-0.39, 0.29) is 64.0 Å². The summed E-state index contributed by atoms with van der Waals surface area (Å²) in [6, 6.07) is 4.84. The lowest BCUT2D eigenvalue weighted by Crippen LogP contribution is -2.50. The van der Waals surface area contributed by atoms with Gasteiger partial charge in [0.2, 0.25) is 5.91 Å². The Morgan fingerprint density at radius 1 is 1.16 bits per heavy atom. The first-order valence-corrected chi connectivity index (χ1v) is 13.2. The summed E-state index contributed by atoms with van der Waals surface area (Å²) in [6.45, 7) is 4.75. The number of ether oxygens (including phenoxy) is 2. The van der Waals surface area contributed by atoms with Crippen LogP contribution in [-0.2, 0) is 9.59 Å². The van der Waals surface area contributed by atoms with Gasteiger partial charge in [-0.1, -0.05) is 32.4 Å². The minimum atomic E-state index is -0.412. The third-order valence-electron chi connectivity index (χ3n) is 8.94. The second-order valence-corrected chi connectivity index (χ2v) is 11.9. The SMILES string of the molecule is COc1cc(C#N)c(O[C@H]2C[C@@](C)(C=O)C2)cc1C(=O)N[C@H]1[C@@H](C(=O)NCC2(C)CCC2)[C@H]2C=C[C@H]1C2. The van der Waals surface area contributed by atoms with Crippen LogP contribution >= 0.6 is 0 Å². The Morgan fingerprint density at radius 2 is 1.89 bits per heavy atom. The average Bonchev–Trinajstić information content (AvgIpc) is 3.46. The molecule has 8 nitrogen and oxygen atoms in total. The Balaban J connectivity index is 1.32. The van der Waals surface area contributed by atoms with E-state index in [0.29, 0.717) is 25.1 Å². The van der Waals surface area contributed by atoms with E-state index in [0.717, 1.165) is 25.5 Å². The molecule has 2 amide bonds. The summed E-state index contributed by atoms with van der Waals surface area (Å²) in [5.74, 6) is 0.0740. The van der Waals surface area contributed by atoms with Gasteiger partial charge in [-0.05, 0) is 55.4 Å². The highest BCUT2D eigenvalue weighted by Crippen LogP contribution is 2.45. The van der Waals surface area contributed by atoms with Crippen molar-refractivity contribution in [3.63, 3.8) is 0 Å². The predicted octanol–water partition coefficient (Wildman–Crippen LogP) is 3.54. The number of nitriles is 1. The first-order valence-electron chi connectivity index (χ1n) is 13.2. The van der Waals surface area contributed by atoms with Crippen LogP contribution < -0.4 is 20.1 Å². The molecular weight excluding hydrogens is 470 g/mol. The molecule has 8 heteroatoms. The van der Waals surface area contributed by atoms with Crippen molar-refractivity contribution in [1.82, 2.24) is 10.6 Å². The van der Waals surface area contributed by atoms with Gasteiger partial charge in [0.25, 0.3) is 5.91 Å². The van der Waals surface area contributed by atoms with E-state index in [1.165, 1.54) is 19.6 Å². The molecule has 196 valence electrons. The van der Waals surface area contributed by atoms with Gasteiger partial charge in [0.05, 0.1) is 24.2 Å². The molecule has 0 aliphatic heterocycles. The second-order valence-electron chi connectivity index (χ2n) is 11.9. The van der Waals surface area contributed by atoms with Gasteiger partial charge < -0.3 is 24.9 Å². The van der Waals surface area contributed by atoms with E-state index in [9.17, 15) is 19.6 Å². The molecule has 4 aliphatic rings. The van der Waals surface area contributed by atoms with Crippen LogP contribution in [0.1, 0.15) is 68.3 Å². The lowest BCUT2D eigenvalue weighted by Gasteiger charge is -2.40. The number of methoxy groups -OCH3 is 1. The first kappa shape index (κ1) is 25.3. The maximum absolute atomic E-state index is 13.5. The maximum atomic E-state index is 13.5. The summed E-state index contributed by atoms with van der Waals surface area (Å²) in [5.41, 5.74) is 0.280. The molecule has 3 saturated carbocycles.